The molecule has 0 radical (unpaired) electrons. The smallest absolute Gasteiger partial charge is 0.143 e. The summed E-state index contributed by atoms with van der Waals surface area (Å²) >= 11 is 1.63. The van der Waals surface area contributed by atoms with Crippen LogP contribution in [0.15, 0.2) is 18.3 Å². The van der Waals surface area contributed by atoms with Gasteiger partial charge < -0.3 is 5.73 Å². The second-order valence-electron chi connectivity index (χ2n) is 3.74. The fraction of sp³-hybridized carbons (Fsp3) is 0.400. The quantitative estimate of drug-likeness (QED) is 0.816. The van der Waals surface area contributed by atoms with E-state index in [0.717, 1.165) is 15.4 Å². The number of rotatable bonds is 2. The molecule has 3 nitrogen and oxygen atoms in total. The van der Waals surface area contributed by atoms with E-state index < -0.39 is 0 Å². The van der Waals surface area contributed by atoms with Crippen molar-refractivity contribution in [3.05, 3.63) is 23.3 Å². The second kappa shape index (κ2) is 3.00. The third-order valence-corrected chi connectivity index (χ3v) is 3.68. The van der Waals surface area contributed by atoms with Gasteiger partial charge in [-0.3, -0.25) is 0 Å². The molecule has 14 heavy (non-hydrogen) atoms. The molecule has 2 aromatic heterocycles. The molecule has 2 heterocycles. The maximum atomic E-state index is 6.08. The Hall–Kier alpha value is -1.00. The molecule has 0 amide bonds. The van der Waals surface area contributed by atoms with Crippen LogP contribution in [0.3, 0.4) is 0 Å². The van der Waals surface area contributed by atoms with Crippen LogP contribution in [-0.2, 0) is 0 Å². The monoisotopic (exact) mass is 205 g/mol. The van der Waals surface area contributed by atoms with Gasteiger partial charge >= 0.3 is 0 Å². The largest absolute Gasteiger partial charge is 0.322 e. The first-order chi connectivity index (χ1) is 6.84. The summed E-state index contributed by atoms with van der Waals surface area (Å²) in [6, 6.07) is 4.03. The van der Waals surface area contributed by atoms with Crippen LogP contribution in [0.2, 0.25) is 0 Å². The van der Waals surface area contributed by atoms with Gasteiger partial charge in [-0.15, -0.1) is 0 Å². The van der Waals surface area contributed by atoms with E-state index in [9.17, 15) is 0 Å². The van der Waals surface area contributed by atoms with E-state index in [4.69, 9.17) is 5.73 Å². The normalized spacial score (nSPS) is 18.6. The maximum Gasteiger partial charge on any atom is 0.143 e. The highest BCUT2D eigenvalue weighted by atomic mass is 32.1. The molecular weight excluding hydrogens is 194 g/mol. The predicted molar refractivity (Wildman–Crippen MR) is 57.1 cm³/mol. The zero-order valence-corrected chi connectivity index (χ0v) is 8.50. The first-order valence-corrected chi connectivity index (χ1v) is 5.63. The van der Waals surface area contributed by atoms with E-state index in [0.29, 0.717) is 5.92 Å². The van der Waals surface area contributed by atoms with Gasteiger partial charge in [0.2, 0.25) is 0 Å². The van der Waals surface area contributed by atoms with Crippen molar-refractivity contribution in [3.63, 3.8) is 0 Å². The van der Waals surface area contributed by atoms with Crippen LogP contribution in [0.25, 0.3) is 10.3 Å². The SMILES string of the molecule is NC(c1nc2cccnc2s1)C1CC1. The van der Waals surface area contributed by atoms with Crippen LogP contribution in [-0.4, -0.2) is 9.97 Å². The molecule has 0 aromatic carbocycles. The predicted octanol–water partition coefficient (Wildman–Crippen LogP) is 2.10. The van der Waals surface area contributed by atoms with Gasteiger partial charge in [-0.1, -0.05) is 11.3 Å². The van der Waals surface area contributed by atoms with E-state index >= 15 is 0 Å². The molecule has 1 aliphatic rings. The minimum atomic E-state index is 0.134. The van der Waals surface area contributed by atoms with Crippen molar-refractivity contribution < 1.29 is 0 Å². The van der Waals surface area contributed by atoms with Crippen molar-refractivity contribution in [2.75, 3.05) is 0 Å². The van der Waals surface area contributed by atoms with Crippen molar-refractivity contribution in [3.8, 4) is 0 Å². The molecule has 72 valence electrons. The van der Waals surface area contributed by atoms with Crippen molar-refractivity contribution in [2.45, 2.75) is 18.9 Å². The van der Waals surface area contributed by atoms with E-state index in [2.05, 4.69) is 9.97 Å². The summed E-state index contributed by atoms with van der Waals surface area (Å²) < 4.78 is 0. The van der Waals surface area contributed by atoms with Gasteiger partial charge in [0.05, 0.1) is 6.04 Å². The van der Waals surface area contributed by atoms with E-state index in [1.165, 1.54) is 12.8 Å². The standard InChI is InChI=1S/C10H11N3S/c11-8(6-3-4-6)10-13-7-2-1-5-12-9(7)14-10/h1-2,5-6,8H,3-4,11H2. The Morgan fingerprint density at radius 1 is 1.50 bits per heavy atom. The summed E-state index contributed by atoms with van der Waals surface area (Å²) in [6.07, 6.45) is 4.31. The molecule has 0 aliphatic heterocycles. The van der Waals surface area contributed by atoms with E-state index in [-0.39, 0.29) is 6.04 Å². The number of nitrogens with two attached hydrogens (primary N) is 1. The first kappa shape index (κ1) is 8.32. The Balaban J connectivity index is 2.04. The molecule has 0 saturated heterocycles. The zero-order chi connectivity index (χ0) is 9.54. The van der Waals surface area contributed by atoms with E-state index in [1.807, 2.05) is 12.1 Å². The Morgan fingerprint density at radius 3 is 3.07 bits per heavy atom. The topological polar surface area (TPSA) is 51.8 Å². The Kier molecular flexibility index (Phi) is 1.78. The van der Waals surface area contributed by atoms with Crippen LogP contribution < -0.4 is 5.73 Å². The average molecular weight is 205 g/mol. The third-order valence-electron chi connectivity index (χ3n) is 2.60. The summed E-state index contributed by atoms with van der Waals surface area (Å²) in [5.41, 5.74) is 7.06. The molecule has 1 fully saturated rings. The minimum absolute atomic E-state index is 0.134. The summed E-state index contributed by atoms with van der Waals surface area (Å²) in [5.74, 6) is 0.663. The average Bonchev–Trinajstić information content (AvgIpc) is 2.95. The number of hydrogen-bond acceptors (Lipinski definition) is 4. The number of nitrogens with zero attached hydrogens (tertiary/aromatic N) is 2. The molecule has 1 saturated carbocycles. The molecular formula is C10H11N3S. The number of pyridine rings is 1. The van der Waals surface area contributed by atoms with Crippen molar-refractivity contribution >= 4 is 21.7 Å². The van der Waals surface area contributed by atoms with Gasteiger partial charge in [-0.05, 0) is 30.9 Å². The highest BCUT2D eigenvalue weighted by molar-refractivity contribution is 7.18. The van der Waals surface area contributed by atoms with Crippen LogP contribution >= 0.6 is 11.3 Å². The number of fused-ring (bicyclic) bond motifs is 1. The Labute approximate surface area is 86.0 Å². The maximum absolute atomic E-state index is 6.08. The molecule has 3 rings (SSSR count). The molecule has 1 atom stereocenters. The highest BCUT2D eigenvalue weighted by Crippen LogP contribution is 2.41. The first-order valence-electron chi connectivity index (χ1n) is 4.81. The summed E-state index contributed by atoms with van der Waals surface area (Å²) in [7, 11) is 0. The number of aromatic nitrogens is 2. The number of hydrogen-bond donors (Lipinski definition) is 1. The van der Waals surface area contributed by atoms with Gasteiger partial charge in [-0.2, -0.15) is 0 Å². The molecule has 0 bridgehead atoms. The molecule has 4 heteroatoms. The summed E-state index contributed by atoms with van der Waals surface area (Å²) in [6.45, 7) is 0. The lowest BCUT2D eigenvalue weighted by molar-refractivity contribution is 0.630. The van der Waals surface area contributed by atoms with Crippen LogP contribution in [0, 0.1) is 5.92 Å². The third kappa shape index (κ3) is 1.31. The fourth-order valence-corrected chi connectivity index (χ4v) is 2.59. The molecule has 1 aliphatic carbocycles. The fourth-order valence-electron chi connectivity index (χ4n) is 1.59. The molecule has 0 spiro atoms. The summed E-state index contributed by atoms with van der Waals surface area (Å²) in [5, 5.41) is 1.04. The molecule has 1 unspecified atom stereocenters. The lowest BCUT2D eigenvalue weighted by Crippen LogP contribution is -2.11. The summed E-state index contributed by atoms with van der Waals surface area (Å²) in [4.78, 5) is 9.77. The Bertz CT molecular complexity index is 428. The van der Waals surface area contributed by atoms with E-state index in [1.54, 1.807) is 17.5 Å². The van der Waals surface area contributed by atoms with Gasteiger partial charge in [-0.25, -0.2) is 9.97 Å². The second-order valence-corrected chi connectivity index (χ2v) is 4.75. The molecule has 2 N–H and O–H groups in total. The van der Waals surface area contributed by atoms with Crippen LogP contribution in [0.4, 0.5) is 0 Å². The Morgan fingerprint density at radius 2 is 2.36 bits per heavy atom. The lowest BCUT2D eigenvalue weighted by atomic mass is 10.2. The molecule has 2 aromatic rings. The minimum Gasteiger partial charge on any atom is -0.322 e. The zero-order valence-electron chi connectivity index (χ0n) is 7.68. The highest BCUT2D eigenvalue weighted by Gasteiger charge is 2.31. The van der Waals surface area contributed by atoms with Gasteiger partial charge in [0, 0.05) is 6.20 Å². The van der Waals surface area contributed by atoms with Crippen molar-refractivity contribution in [1.82, 2.24) is 9.97 Å². The van der Waals surface area contributed by atoms with Crippen molar-refractivity contribution in [2.24, 2.45) is 11.7 Å². The number of thiazole rings is 1. The lowest BCUT2D eigenvalue weighted by Gasteiger charge is -2.03. The van der Waals surface area contributed by atoms with Gasteiger partial charge in [0.25, 0.3) is 0 Å². The van der Waals surface area contributed by atoms with Gasteiger partial charge in [0.1, 0.15) is 15.4 Å². The van der Waals surface area contributed by atoms with Crippen LogP contribution in [0.1, 0.15) is 23.9 Å². The van der Waals surface area contributed by atoms with Crippen LogP contribution in [0.5, 0.6) is 0 Å². The van der Waals surface area contributed by atoms with Crippen molar-refractivity contribution in [1.29, 1.82) is 0 Å². The van der Waals surface area contributed by atoms with Gasteiger partial charge in [0.15, 0.2) is 0 Å².